The zero-order valence-electron chi connectivity index (χ0n) is 17.8. The second-order valence-electron chi connectivity index (χ2n) is 7.66. The number of benzene rings is 1. The fraction of sp³-hybridized carbons (Fsp3) is 0.391. The molecular formula is C23H25ClN2O5S. The molecule has 9 heteroatoms. The Hall–Kier alpha value is -2.39. The molecule has 1 aromatic heterocycles. The van der Waals surface area contributed by atoms with Crippen molar-refractivity contribution in [2.45, 2.75) is 12.5 Å². The first kappa shape index (κ1) is 22.8. The topological polar surface area (TPSA) is 79.3 Å². The fourth-order valence-electron chi connectivity index (χ4n) is 4.11. The van der Waals surface area contributed by atoms with Crippen LogP contribution >= 0.6 is 22.9 Å². The molecule has 32 heavy (non-hydrogen) atoms. The van der Waals surface area contributed by atoms with Crippen LogP contribution in [0.3, 0.4) is 0 Å². The number of nitrogens with zero attached hydrogens (tertiary/aromatic N) is 2. The van der Waals surface area contributed by atoms with Crippen molar-refractivity contribution in [3.05, 3.63) is 56.7 Å². The number of halogens is 1. The summed E-state index contributed by atoms with van der Waals surface area (Å²) in [6, 6.07) is 7.91. The third-order valence-corrected chi connectivity index (χ3v) is 6.98. The number of hydrogen-bond acceptors (Lipinski definition) is 7. The molecule has 0 radical (unpaired) electrons. The quantitative estimate of drug-likeness (QED) is 0.374. The molecule has 4 rings (SSSR count). The Morgan fingerprint density at radius 3 is 2.69 bits per heavy atom. The molecule has 2 saturated heterocycles. The second-order valence-corrected chi connectivity index (χ2v) is 9.05. The lowest BCUT2D eigenvalue weighted by molar-refractivity contribution is -0.140. The number of Topliss-reactive ketones (excluding diaryl/α,β-unsaturated/α-hetero) is 1. The highest BCUT2D eigenvalue weighted by Gasteiger charge is 2.46. The summed E-state index contributed by atoms with van der Waals surface area (Å²) in [7, 11) is 1.50. The number of ether oxygens (including phenoxy) is 2. The van der Waals surface area contributed by atoms with Gasteiger partial charge in [0.25, 0.3) is 11.7 Å². The Kier molecular flexibility index (Phi) is 7.15. The highest BCUT2D eigenvalue weighted by Crippen LogP contribution is 2.41. The number of ketones is 1. The Balaban J connectivity index is 1.63. The van der Waals surface area contributed by atoms with Crippen molar-refractivity contribution in [3.8, 4) is 5.75 Å². The molecule has 0 bridgehead atoms. The number of methoxy groups -OCH3 is 1. The summed E-state index contributed by atoms with van der Waals surface area (Å²) in [6.07, 6.45) is 0.725. The van der Waals surface area contributed by atoms with Gasteiger partial charge in [0, 0.05) is 36.6 Å². The van der Waals surface area contributed by atoms with Crippen molar-refractivity contribution in [2.24, 2.45) is 0 Å². The number of morpholine rings is 1. The van der Waals surface area contributed by atoms with Crippen LogP contribution in [0.1, 0.15) is 22.9 Å². The molecule has 2 aliphatic heterocycles. The van der Waals surface area contributed by atoms with E-state index >= 15 is 0 Å². The average Bonchev–Trinajstić information content (AvgIpc) is 3.42. The molecule has 0 unspecified atom stereocenters. The standard InChI is InChI=1S/C23H25ClN2O5S/c1-30-17-6-5-15(14-16(17)24)21(27)19-20(18-4-2-13-32-18)26(23(29)22(19)28)8-3-7-25-9-11-31-12-10-25/h2,4-6,13-14,20,27H,3,7-12H2,1H3/t20-/m0/s1. The van der Waals surface area contributed by atoms with Crippen LogP contribution in [-0.2, 0) is 14.3 Å². The summed E-state index contributed by atoms with van der Waals surface area (Å²) in [5, 5.41) is 13.3. The van der Waals surface area contributed by atoms with E-state index in [9.17, 15) is 14.7 Å². The van der Waals surface area contributed by atoms with E-state index in [0.29, 0.717) is 36.1 Å². The third-order valence-electron chi connectivity index (χ3n) is 5.75. The number of hydrogen-bond donors (Lipinski definition) is 1. The molecule has 1 N–H and O–H groups in total. The molecule has 0 spiro atoms. The Morgan fingerprint density at radius 1 is 1.25 bits per heavy atom. The zero-order valence-corrected chi connectivity index (χ0v) is 19.3. The van der Waals surface area contributed by atoms with Crippen LogP contribution in [-0.4, -0.2) is 73.1 Å². The van der Waals surface area contributed by atoms with Gasteiger partial charge in [-0.3, -0.25) is 14.5 Å². The number of thiophene rings is 1. The van der Waals surface area contributed by atoms with Gasteiger partial charge in [-0.1, -0.05) is 17.7 Å². The van der Waals surface area contributed by atoms with E-state index in [2.05, 4.69) is 4.90 Å². The van der Waals surface area contributed by atoms with Crippen LogP contribution in [0.15, 0.2) is 41.3 Å². The molecule has 3 heterocycles. The van der Waals surface area contributed by atoms with E-state index < -0.39 is 17.7 Å². The summed E-state index contributed by atoms with van der Waals surface area (Å²) in [4.78, 5) is 30.7. The third kappa shape index (κ3) is 4.54. The maximum Gasteiger partial charge on any atom is 0.295 e. The Bertz CT molecular complexity index is 1020. The zero-order chi connectivity index (χ0) is 22.7. The normalized spacial score (nSPS) is 21.3. The molecule has 1 amide bonds. The van der Waals surface area contributed by atoms with E-state index in [1.807, 2.05) is 17.5 Å². The van der Waals surface area contributed by atoms with Crippen LogP contribution in [0.25, 0.3) is 5.76 Å². The lowest BCUT2D eigenvalue weighted by atomic mass is 9.99. The van der Waals surface area contributed by atoms with Gasteiger partial charge in [0.2, 0.25) is 0 Å². The largest absolute Gasteiger partial charge is 0.507 e. The summed E-state index contributed by atoms with van der Waals surface area (Å²) < 4.78 is 10.5. The predicted molar refractivity (Wildman–Crippen MR) is 123 cm³/mol. The minimum atomic E-state index is -0.681. The molecule has 2 aromatic rings. The Labute approximate surface area is 195 Å². The average molecular weight is 477 g/mol. The van der Waals surface area contributed by atoms with E-state index in [4.69, 9.17) is 21.1 Å². The van der Waals surface area contributed by atoms with Crippen molar-refractivity contribution in [3.63, 3.8) is 0 Å². The van der Waals surface area contributed by atoms with Gasteiger partial charge in [-0.25, -0.2) is 0 Å². The number of aliphatic hydroxyl groups excluding tert-OH is 1. The minimum absolute atomic E-state index is 0.0880. The highest BCUT2D eigenvalue weighted by atomic mass is 35.5. The molecule has 0 saturated carbocycles. The van der Waals surface area contributed by atoms with Gasteiger partial charge in [0.15, 0.2) is 0 Å². The van der Waals surface area contributed by atoms with Crippen molar-refractivity contribution < 1.29 is 24.2 Å². The van der Waals surface area contributed by atoms with Crippen LogP contribution < -0.4 is 4.74 Å². The van der Waals surface area contributed by atoms with Crippen LogP contribution in [0.4, 0.5) is 0 Å². The van der Waals surface area contributed by atoms with Gasteiger partial charge in [0.1, 0.15) is 11.5 Å². The molecule has 7 nitrogen and oxygen atoms in total. The summed E-state index contributed by atoms with van der Waals surface area (Å²) in [5.74, 6) is -1.05. The van der Waals surface area contributed by atoms with E-state index in [0.717, 1.165) is 30.9 Å². The molecule has 1 aromatic carbocycles. The molecule has 0 aliphatic carbocycles. The smallest absolute Gasteiger partial charge is 0.295 e. The van der Waals surface area contributed by atoms with E-state index in [1.165, 1.54) is 24.5 Å². The highest BCUT2D eigenvalue weighted by molar-refractivity contribution is 7.10. The second kappa shape index (κ2) is 10.0. The van der Waals surface area contributed by atoms with Gasteiger partial charge in [-0.05, 0) is 36.1 Å². The van der Waals surface area contributed by atoms with Crippen molar-refractivity contribution >= 4 is 40.4 Å². The molecule has 170 valence electrons. The van der Waals surface area contributed by atoms with Gasteiger partial charge in [-0.2, -0.15) is 0 Å². The molecule has 2 fully saturated rings. The first-order valence-electron chi connectivity index (χ1n) is 10.5. The molecule has 2 aliphatic rings. The minimum Gasteiger partial charge on any atom is -0.507 e. The van der Waals surface area contributed by atoms with Crippen LogP contribution in [0, 0.1) is 0 Å². The van der Waals surface area contributed by atoms with Gasteiger partial charge < -0.3 is 19.5 Å². The maximum absolute atomic E-state index is 13.0. The van der Waals surface area contributed by atoms with Crippen molar-refractivity contribution in [2.75, 3.05) is 46.5 Å². The number of rotatable bonds is 7. The van der Waals surface area contributed by atoms with Gasteiger partial charge in [0.05, 0.1) is 37.0 Å². The van der Waals surface area contributed by atoms with Crippen molar-refractivity contribution in [1.29, 1.82) is 0 Å². The molecular weight excluding hydrogens is 452 g/mol. The fourth-order valence-corrected chi connectivity index (χ4v) is 5.21. The number of carbonyl (C=O) groups excluding carboxylic acids is 2. The summed E-state index contributed by atoms with van der Waals surface area (Å²) >= 11 is 7.67. The summed E-state index contributed by atoms with van der Waals surface area (Å²) in [6.45, 7) is 4.40. The van der Waals surface area contributed by atoms with Gasteiger partial charge in [-0.15, -0.1) is 11.3 Å². The molecule has 1 atom stereocenters. The monoisotopic (exact) mass is 476 g/mol. The predicted octanol–water partition coefficient (Wildman–Crippen LogP) is 3.55. The number of likely N-dealkylation sites (tertiary alicyclic amines) is 1. The number of carbonyl (C=O) groups is 2. The first-order chi connectivity index (χ1) is 15.5. The number of amides is 1. The number of aliphatic hydroxyl groups is 1. The van der Waals surface area contributed by atoms with Crippen molar-refractivity contribution in [1.82, 2.24) is 9.80 Å². The van der Waals surface area contributed by atoms with E-state index in [1.54, 1.807) is 17.0 Å². The van der Waals surface area contributed by atoms with E-state index in [-0.39, 0.29) is 11.3 Å². The van der Waals surface area contributed by atoms with Crippen LogP contribution in [0.2, 0.25) is 5.02 Å². The Morgan fingerprint density at radius 2 is 2.03 bits per heavy atom. The summed E-state index contributed by atoms with van der Waals surface area (Å²) in [5.41, 5.74) is 0.453. The lowest BCUT2D eigenvalue weighted by Crippen LogP contribution is -2.38. The first-order valence-corrected chi connectivity index (χ1v) is 11.7. The SMILES string of the molecule is COc1ccc(C(O)=C2C(=O)C(=O)N(CCCN3CCOCC3)[C@H]2c2cccs2)cc1Cl. The van der Waals surface area contributed by atoms with Gasteiger partial charge >= 0.3 is 0 Å². The maximum atomic E-state index is 13.0. The van der Waals surface area contributed by atoms with Crippen LogP contribution in [0.5, 0.6) is 5.75 Å². The lowest BCUT2D eigenvalue weighted by Gasteiger charge is -2.28.